The Balaban J connectivity index is 0.00000180. The van der Waals surface area contributed by atoms with E-state index in [4.69, 9.17) is 9.47 Å². The number of methoxy groups -OCH3 is 1. The van der Waals surface area contributed by atoms with Crippen molar-refractivity contribution in [1.82, 2.24) is 9.88 Å². The summed E-state index contributed by atoms with van der Waals surface area (Å²) >= 11 is 0. The van der Waals surface area contributed by atoms with Crippen molar-refractivity contribution in [3.8, 4) is 0 Å². The molecule has 0 radical (unpaired) electrons. The molecule has 3 aliphatic rings. The standard InChI is InChI=1S/C21H24N2O3.ClH/c1-12-16-10-23-8-7-14-13-5-3-4-6-18(13)22-20(14)19(23)9-15(16)17(11-26-12)21(24)25-2;/h3-6,11-12,15-16,19,22H,7-10H2,1-2H3;1H/t12-,15-,16+,19-;/m0./s1. The van der Waals surface area contributed by atoms with Crippen LogP contribution >= 0.6 is 12.4 Å². The second-order valence-electron chi connectivity index (χ2n) is 7.74. The van der Waals surface area contributed by atoms with Gasteiger partial charge in [0.25, 0.3) is 0 Å². The number of nitrogens with zero attached hydrogens (tertiary/aromatic N) is 1. The Morgan fingerprint density at radius 1 is 1.33 bits per heavy atom. The number of hydrogen-bond donors (Lipinski definition) is 1. The summed E-state index contributed by atoms with van der Waals surface area (Å²) in [6, 6.07) is 8.88. The highest BCUT2D eigenvalue weighted by Gasteiger charge is 2.46. The molecule has 5 rings (SSSR count). The maximum atomic E-state index is 12.3. The number of rotatable bonds is 1. The third-order valence-electron chi connectivity index (χ3n) is 6.54. The van der Waals surface area contributed by atoms with Crippen molar-refractivity contribution in [3.05, 3.63) is 47.4 Å². The first-order valence-corrected chi connectivity index (χ1v) is 9.44. The molecule has 0 bridgehead atoms. The van der Waals surface area contributed by atoms with E-state index in [9.17, 15) is 4.79 Å². The van der Waals surface area contributed by atoms with Gasteiger partial charge in [0.15, 0.2) is 0 Å². The quantitative estimate of drug-likeness (QED) is 0.758. The smallest absolute Gasteiger partial charge is 0.337 e. The molecule has 4 atom stereocenters. The molecule has 0 aliphatic carbocycles. The molecule has 144 valence electrons. The van der Waals surface area contributed by atoms with Gasteiger partial charge in [0, 0.05) is 41.5 Å². The highest BCUT2D eigenvalue weighted by molar-refractivity contribution is 5.89. The van der Waals surface area contributed by atoms with Gasteiger partial charge in [-0.25, -0.2) is 4.79 Å². The van der Waals surface area contributed by atoms with Crippen molar-refractivity contribution in [2.45, 2.75) is 31.9 Å². The average molecular weight is 389 g/mol. The van der Waals surface area contributed by atoms with Crippen molar-refractivity contribution in [3.63, 3.8) is 0 Å². The average Bonchev–Trinajstić information content (AvgIpc) is 3.06. The number of esters is 1. The van der Waals surface area contributed by atoms with Crippen LogP contribution in [0.5, 0.6) is 0 Å². The first kappa shape index (κ1) is 18.4. The molecule has 0 spiro atoms. The summed E-state index contributed by atoms with van der Waals surface area (Å²) in [5.74, 6) is 0.258. The van der Waals surface area contributed by atoms with Crippen LogP contribution in [0, 0.1) is 11.8 Å². The fourth-order valence-corrected chi connectivity index (χ4v) is 5.19. The van der Waals surface area contributed by atoms with Crippen molar-refractivity contribution in [2.75, 3.05) is 20.2 Å². The Morgan fingerprint density at radius 2 is 2.15 bits per heavy atom. The fourth-order valence-electron chi connectivity index (χ4n) is 5.19. The number of nitrogens with one attached hydrogen (secondary N) is 1. The minimum absolute atomic E-state index is 0. The predicted octanol–water partition coefficient (Wildman–Crippen LogP) is 3.60. The summed E-state index contributed by atoms with van der Waals surface area (Å²) in [4.78, 5) is 18.5. The molecule has 1 N–H and O–H groups in total. The van der Waals surface area contributed by atoms with E-state index in [1.54, 1.807) is 6.26 Å². The number of ether oxygens (including phenoxy) is 2. The van der Waals surface area contributed by atoms with Crippen LogP contribution in [0.3, 0.4) is 0 Å². The van der Waals surface area contributed by atoms with Gasteiger partial charge in [-0.05, 0) is 31.4 Å². The number of aromatic nitrogens is 1. The van der Waals surface area contributed by atoms with E-state index in [0.717, 1.165) is 25.9 Å². The van der Waals surface area contributed by atoms with E-state index >= 15 is 0 Å². The lowest BCUT2D eigenvalue weighted by molar-refractivity contribution is -0.139. The van der Waals surface area contributed by atoms with Crippen molar-refractivity contribution < 1.29 is 14.3 Å². The molecule has 0 amide bonds. The minimum Gasteiger partial charge on any atom is -0.497 e. The Labute approximate surface area is 165 Å². The number of hydrogen-bond acceptors (Lipinski definition) is 4. The summed E-state index contributed by atoms with van der Waals surface area (Å²) in [5.41, 5.74) is 4.69. The molecule has 3 aliphatic heterocycles. The van der Waals surface area contributed by atoms with E-state index in [-0.39, 0.29) is 30.4 Å². The molecular weight excluding hydrogens is 364 g/mol. The molecule has 27 heavy (non-hydrogen) atoms. The maximum Gasteiger partial charge on any atom is 0.337 e. The third kappa shape index (κ3) is 2.75. The molecule has 2 aromatic rings. The molecule has 1 aromatic heterocycles. The molecule has 1 fully saturated rings. The zero-order valence-corrected chi connectivity index (χ0v) is 16.4. The normalized spacial score (nSPS) is 29.5. The van der Waals surface area contributed by atoms with Gasteiger partial charge in [-0.1, -0.05) is 18.2 Å². The van der Waals surface area contributed by atoms with Crippen LogP contribution in [0.1, 0.15) is 30.6 Å². The van der Waals surface area contributed by atoms with Gasteiger partial charge in [-0.15, -0.1) is 12.4 Å². The second kappa shape index (κ2) is 6.88. The number of carbonyl (C=O) groups excluding carboxylic acids is 1. The van der Waals surface area contributed by atoms with E-state index < -0.39 is 0 Å². The molecule has 0 unspecified atom stereocenters. The van der Waals surface area contributed by atoms with Gasteiger partial charge in [0.05, 0.1) is 31.1 Å². The van der Waals surface area contributed by atoms with Crippen LogP contribution in [0.15, 0.2) is 36.1 Å². The first-order chi connectivity index (χ1) is 12.7. The van der Waals surface area contributed by atoms with E-state index in [2.05, 4.69) is 41.1 Å². The van der Waals surface area contributed by atoms with E-state index in [0.29, 0.717) is 17.5 Å². The number of benzene rings is 1. The fraction of sp³-hybridized carbons (Fsp3) is 0.476. The Hall–Kier alpha value is -1.98. The zero-order chi connectivity index (χ0) is 17.8. The lowest BCUT2D eigenvalue weighted by atomic mass is 9.72. The van der Waals surface area contributed by atoms with E-state index in [1.807, 2.05) is 0 Å². The Morgan fingerprint density at radius 3 is 2.96 bits per heavy atom. The molecule has 1 aromatic carbocycles. The summed E-state index contributed by atoms with van der Waals surface area (Å²) in [6.07, 6.45) is 3.77. The number of aromatic amines is 1. The second-order valence-corrected chi connectivity index (χ2v) is 7.74. The molecule has 5 nitrogen and oxygen atoms in total. The Bertz CT molecular complexity index is 906. The Kier molecular flexibility index (Phi) is 4.68. The topological polar surface area (TPSA) is 54.6 Å². The highest BCUT2D eigenvalue weighted by Crippen LogP contribution is 2.47. The number of carbonyl (C=O) groups is 1. The van der Waals surface area contributed by atoms with Crippen molar-refractivity contribution in [2.24, 2.45) is 11.8 Å². The van der Waals surface area contributed by atoms with E-state index in [1.165, 1.54) is 29.3 Å². The summed E-state index contributed by atoms with van der Waals surface area (Å²) in [7, 11) is 1.45. The van der Waals surface area contributed by atoms with Gasteiger partial charge in [-0.2, -0.15) is 0 Å². The monoisotopic (exact) mass is 388 g/mol. The zero-order valence-electron chi connectivity index (χ0n) is 15.6. The molecular formula is C21H25ClN2O3. The van der Waals surface area contributed by atoms with Crippen LogP contribution in [0.4, 0.5) is 0 Å². The number of piperidine rings is 1. The van der Waals surface area contributed by atoms with Crippen LogP contribution in [0.25, 0.3) is 10.9 Å². The highest BCUT2D eigenvalue weighted by atomic mass is 35.5. The van der Waals surface area contributed by atoms with Crippen LogP contribution in [-0.2, 0) is 20.7 Å². The SMILES string of the molecule is COC(=O)C1=CO[C@@H](C)[C@H]2CN3CCc4c([nH]c5ccccc45)[C@@H]3C[C@H]12.Cl. The largest absolute Gasteiger partial charge is 0.497 e. The number of H-pyrrole nitrogens is 1. The number of halogens is 1. The molecule has 1 saturated heterocycles. The van der Waals surface area contributed by atoms with Gasteiger partial charge < -0.3 is 14.5 Å². The van der Waals surface area contributed by atoms with Gasteiger partial charge in [0.1, 0.15) is 0 Å². The van der Waals surface area contributed by atoms with Crippen molar-refractivity contribution >= 4 is 29.3 Å². The lowest BCUT2D eigenvalue weighted by Gasteiger charge is -2.49. The van der Waals surface area contributed by atoms with Crippen LogP contribution in [-0.4, -0.2) is 42.2 Å². The van der Waals surface area contributed by atoms with Gasteiger partial charge in [-0.3, -0.25) is 4.90 Å². The first-order valence-electron chi connectivity index (χ1n) is 9.44. The maximum absolute atomic E-state index is 12.3. The van der Waals surface area contributed by atoms with Crippen LogP contribution < -0.4 is 0 Å². The minimum atomic E-state index is -0.256. The summed E-state index contributed by atoms with van der Waals surface area (Å²) < 4.78 is 10.8. The summed E-state index contributed by atoms with van der Waals surface area (Å²) in [5, 5.41) is 1.34. The molecule has 0 saturated carbocycles. The summed E-state index contributed by atoms with van der Waals surface area (Å²) in [6.45, 7) is 4.13. The van der Waals surface area contributed by atoms with Crippen molar-refractivity contribution in [1.29, 1.82) is 0 Å². The molecule has 6 heteroatoms. The number of fused-ring (bicyclic) bond motifs is 6. The van der Waals surface area contributed by atoms with Gasteiger partial charge >= 0.3 is 5.97 Å². The van der Waals surface area contributed by atoms with Crippen LogP contribution in [0.2, 0.25) is 0 Å². The lowest BCUT2D eigenvalue weighted by Crippen LogP contribution is -2.51. The number of para-hydroxylation sites is 1. The third-order valence-corrected chi connectivity index (χ3v) is 6.54. The molecule has 4 heterocycles. The predicted molar refractivity (Wildman–Crippen MR) is 106 cm³/mol. The van der Waals surface area contributed by atoms with Gasteiger partial charge in [0.2, 0.25) is 0 Å².